The molecule has 3 aliphatic rings. The summed E-state index contributed by atoms with van der Waals surface area (Å²) in [6, 6.07) is 8.73. The van der Waals surface area contributed by atoms with Crippen molar-refractivity contribution in [3.8, 4) is 0 Å². The zero-order chi connectivity index (χ0) is 26.0. The lowest BCUT2D eigenvalue weighted by molar-refractivity contribution is -0.140. The van der Waals surface area contributed by atoms with Crippen molar-refractivity contribution in [1.82, 2.24) is 14.1 Å². The lowest BCUT2D eigenvalue weighted by atomic mass is 10.00. The van der Waals surface area contributed by atoms with E-state index >= 15 is 0 Å². The van der Waals surface area contributed by atoms with Crippen LogP contribution in [0.2, 0.25) is 0 Å². The van der Waals surface area contributed by atoms with E-state index in [0.29, 0.717) is 39.5 Å². The minimum atomic E-state index is -3.70. The number of aliphatic hydroxyl groups excluding tert-OH is 1. The highest BCUT2D eigenvalue weighted by molar-refractivity contribution is 7.89. The normalized spacial score (nSPS) is 23.6. The lowest BCUT2D eigenvalue weighted by Gasteiger charge is -2.30. The quantitative estimate of drug-likeness (QED) is 0.315. The second-order valence-corrected chi connectivity index (χ2v) is 11.9. The number of aliphatic hydroxyl groups is 1. The molecule has 2 aromatic rings. The van der Waals surface area contributed by atoms with Crippen LogP contribution in [0.15, 0.2) is 52.2 Å². The smallest absolute Gasteiger partial charge is 0.295 e. The maximum Gasteiger partial charge on any atom is 0.295 e. The molecule has 0 aliphatic carbocycles. The largest absolute Gasteiger partial charge is 0.507 e. The van der Waals surface area contributed by atoms with E-state index in [4.69, 9.17) is 9.47 Å². The molecule has 10 nitrogen and oxygen atoms in total. The Bertz CT molecular complexity index is 1260. The number of carbonyl (C=O) groups excluding carboxylic acids is 2. The molecule has 198 valence electrons. The number of morpholine rings is 2. The standard InChI is InChI=1S/C25H29N3O7S2/c29-23(18-3-5-19(6-4-18)37(32,33)27-11-15-35-16-12-27)21-22(20-2-1-17-36-20)28(25(31)24(21)30)8-7-26-9-13-34-14-10-26/h1-6,17,22,29H,7-16H2/b23-21+. The summed E-state index contributed by atoms with van der Waals surface area (Å²) < 4.78 is 37.9. The summed E-state index contributed by atoms with van der Waals surface area (Å²) >= 11 is 1.41. The molecule has 4 heterocycles. The first kappa shape index (κ1) is 26.0. The molecule has 37 heavy (non-hydrogen) atoms. The van der Waals surface area contributed by atoms with E-state index in [-0.39, 0.29) is 34.9 Å². The zero-order valence-electron chi connectivity index (χ0n) is 20.2. The van der Waals surface area contributed by atoms with Crippen LogP contribution in [0.3, 0.4) is 0 Å². The van der Waals surface area contributed by atoms with Gasteiger partial charge in [-0.15, -0.1) is 11.3 Å². The molecule has 5 rings (SSSR count). The monoisotopic (exact) mass is 547 g/mol. The van der Waals surface area contributed by atoms with Crippen LogP contribution in [0.25, 0.3) is 5.76 Å². The van der Waals surface area contributed by atoms with E-state index in [2.05, 4.69) is 4.90 Å². The van der Waals surface area contributed by atoms with Gasteiger partial charge in [-0.1, -0.05) is 6.07 Å². The van der Waals surface area contributed by atoms with Gasteiger partial charge in [-0.3, -0.25) is 14.5 Å². The van der Waals surface area contributed by atoms with Crippen LogP contribution in [0.1, 0.15) is 16.5 Å². The minimum absolute atomic E-state index is 0.0122. The number of nitrogens with zero attached hydrogens (tertiary/aromatic N) is 3. The molecule has 3 saturated heterocycles. The summed E-state index contributed by atoms with van der Waals surface area (Å²) in [6.45, 7) is 4.93. The maximum atomic E-state index is 13.2. The minimum Gasteiger partial charge on any atom is -0.507 e. The van der Waals surface area contributed by atoms with Gasteiger partial charge < -0.3 is 19.5 Å². The van der Waals surface area contributed by atoms with E-state index in [1.54, 1.807) is 0 Å². The third kappa shape index (κ3) is 5.22. The van der Waals surface area contributed by atoms with Crippen molar-refractivity contribution in [2.45, 2.75) is 10.9 Å². The Morgan fingerprint density at radius 1 is 0.946 bits per heavy atom. The third-order valence-electron chi connectivity index (χ3n) is 6.85. The van der Waals surface area contributed by atoms with Crippen LogP contribution < -0.4 is 0 Å². The molecule has 3 aliphatic heterocycles. The van der Waals surface area contributed by atoms with E-state index in [9.17, 15) is 23.1 Å². The second-order valence-electron chi connectivity index (χ2n) is 9.00. The zero-order valence-corrected chi connectivity index (χ0v) is 21.9. The van der Waals surface area contributed by atoms with Crippen molar-refractivity contribution in [2.75, 3.05) is 65.7 Å². The van der Waals surface area contributed by atoms with Crippen molar-refractivity contribution in [3.63, 3.8) is 0 Å². The summed E-state index contributed by atoms with van der Waals surface area (Å²) in [5, 5.41) is 13.1. The van der Waals surface area contributed by atoms with Crippen LogP contribution in [-0.4, -0.2) is 105 Å². The first-order valence-corrected chi connectivity index (χ1v) is 14.5. The van der Waals surface area contributed by atoms with Gasteiger partial charge in [-0.05, 0) is 35.7 Å². The SMILES string of the molecule is O=C1C(=O)N(CCN2CCOCC2)C(c2cccs2)/C1=C(\O)c1ccc(S(=O)(=O)N2CCOCC2)cc1. The first-order chi connectivity index (χ1) is 17.9. The fraction of sp³-hybridized carbons (Fsp3) is 0.440. The molecule has 1 amide bonds. The predicted molar refractivity (Wildman–Crippen MR) is 137 cm³/mol. The Kier molecular flexibility index (Phi) is 7.75. The number of likely N-dealkylation sites (tertiary alicyclic amines) is 1. The van der Waals surface area contributed by atoms with Gasteiger partial charge in [0.1, 0.15) is 5.76 Å². The molecule has 12 heteroatoms. The lowest BCUT2D eigenvalue weighted by Crippen LogP contribution is -2.42. The second kappa shape index (κ2) is 11.0. The summed E-state index contributed by atoms with van der Waals surface area (Å²) in [5.74, 6) is -1.72. The molecule has 0 bridgehead atoms. The van der Waals surface area contributed by atoms with Crippen molar-refractivity contribution < 1.29 is 32.6 Å². The van der Waals surface area contributed by atoms with Crippen LogP contribution in [0.5, 0.6) is 0 Å². The van der Waals surface area contributed by atoms with Gasteiger partial charge in [0.15, 0.2) is 0 Å². The Morgan fingerprint density at radius 2 is 1.59 bits per heavy atom. The number of benzene rings is 1. The highest BCUT2D eigenvalue weighted by atomic mass is 32.2. The number of Topliss-reactive ketones (excluding diaryl/α,β-unsaturated/α-hetero) is 1. The predicted octanol–water partition coefficient (Wildman–Crippen LogP) is 1.52. The molecule has 1 aromatic carbocycles. The number of amides is 1. The summed E-state index contributed by atoms with van der Waals surface area (Å²) in [4.78, 5) is 30.8. The highest BCUT2D eigenvalue weighted by Crippen LogP contribution is 2.41. The van der Waals surface area contributed by atoms with E-state index in [1.807, 2.05) is 17.5 Å². The van der Waals surface area contributed by atoms with Gasteiger partial charge in [0.2, 0.25) is 10.0 Å². The topological polar surface area (TPSA) is 117 Å². The Balaban J connectivity index is 1.44. The molecule has 1 aromatic heterocycles. The summed E-state index contributed by atoms with van der Waals surface area (Å²) in [6.07, 6.45) is 0. The number of sulfonamides is 1. The van der Waals surface area contributed by atoms with Gasteiger partial charge in [0.25, 0.3) is 11.7 Å². The first-order valence-electron chi connectivity index (χ1n) is 12.2. The molecule has 0 spiro atoms. The Hall–Kier alpha value is -2.61. The molecule has 0 radical (unpaired) electrons. The van der Waals surface area contributed by atoms with Gasteiger partial charge in [-0.2, -0.15) is 4.31 Å². The molecule has 1 atom stereocenters. The molecular formula is C25H29N3O7S2. The fourth-order valence-corrected chi connectivity index (χ4v) is 7.06. The maximum absolute atomic E-state index is 13.2. The number of carbonyl (C=O) groups is 2. The average molecular weight is 548 g/mol. The number of ether oxygens (including phenoxy) is 2. The van der Waals surface area contributed by atoms with Crippen LogP contribution >= 0.6 is 11.3 Å². The summed E-state index contributed by atoms with van der Waals surface area (Å²) in [5.41, 5.74) is 0.284. The number of thiophene rings is 1. The molecule has 1 N–H and O–H groups in total. The summed E-state index contributed by atoms with van der Waals surface area (Å²) in [7, 11) is -3.70. The highest BCUT2D eigenvalue weighted by Gasteiger charge is 2.46. The van der Waals surface area contributed by atoms with Crippen LogP contribution in [-0.2, 0) is 29.1 Å². The fourth-order valence-electron chi connectivity index (χ4n) is 4.80. The van der Waals surface area contributed by atoms with Crippen molar-refractivity contribution >= 4 is 38.8 Å². The van der Waals surface area contributed by atoms with E-state index in [0.717, 1.165) is 18.0 Å². The molecule has 3 fully saturated rings. The Morgan fingerprint density at radius 3 is 2.22 bits per heavy atom. The number of rotatable bonds is 7. The van der Waals surface area contributed by atoms with Crippen LogP contribution in [0.4, 0.5) is 0 Å². The van der Waals surface area contributed by atoms with Gasteiger partial charge in [0, 0.05) is 49.7 Å². The Labute approximate surface area is 219 Å². The number of ketones is 1. The van der Waals surface area contributed by atoms with E-state index < -0.39 is 27.8 Å². The van der Waals surface area contributed by atoms with Crippen molar-refractivity contribution in [1.29, 1.82) is 0 Å². The molecular weight excluding hydrogens is 518 g/mol. The van der Waals surface area contributed by atoms with Gasteiger partial charge >= 0.3 is 0 Å². The molecule has 1 unspecified atom stereocenters. The van der Waals surface area contributed by atoms with Gasteiger partial charge in [-0.25, -0.2) is 8.42 Å². The van der Waals surface area contributed by atoms with Crippen LogP contribution in [0, 0.1) is 0 Å². The van der Waals surface area contributed by atoms with Crippen molar-refractivity contribution in [3.05, 3.63) is 57.8 Å². The van der Waals surface area contributed by atoms with Crippen molar-refractivity contribution in [2.24, 2.45) is 0 Å². The number of hydrogen-bond donors (Lipinski definition) is 1. The molecule has 0 saturated carbocycles. The average Bonchev–Trinajstić information content (AvgIpc) is 3.55. The number of hydrogen-bond acceptors (Lipinski definition) is 9. The van der Waals surface area contributed by atoms with Gasteiger partial charge in [0.05, 0.1) is 42.9 Å². The third-order valence-corrected chi connectivity index (χ3v) is 9.69. The van der Waals surface area contributed by atoms with E-state index in [1.165, 1.54) is 44.8 Å².